The van der Waals surface area contributed by atoms with E-state index >= 15 is 0 Å². The fourth-order valence-electron chi connectivity index (χ4n) is 0.811. The zero-order valence-electron chi connectivity index (χ0n) is 7.06. The van der Waals surface area contributed by atoms with Gasteiger partial charge in [0, 0.05) is 17.0 Å². The second-order valence-corrected chi connectivity index (χ2v) is 2.33. The summed E-state index contributed by atoms with van der Waals surface area (Å²) in [6.45, 7) is 0.118. The molecule has 1 rings (SSSR count). The molecule has 0 unspecified atom stereocenters. The minimum absolute atomic E-state index is 0.118. The fourth-order valence-corrected chi connectivity index (χ4v) is 0.811. The maximum atomic E-state index is 12.9. The summed E-state index contributed by atoms with van der Waals surface area (Å²) in [4.78, 5) is 5.49. The molecule has 0 radical (unpaired) electrons. The summed E-state index contributed by atoms with van der Waals surface area (Å²) in [7, 11) is 0. The third-order valence-electron chi connectivity index (χ3n) is 1.39. The minimum atomic E-state index is -0.887. The van der Waals surface area contributed by atoms with E-state index in [1.165, 1.54) is 18.2 Å². The smallest absolute Gasteiger partial charge is 0.190 e. The Morgan fingerprint density at radius 1 is 1.50 bits per heavy atom. The van der Waals surface area contributed by atoms with Crippen LogP contribution >= 0.6 is 0 Å². The molecular formula is C8H6F2N4. The van der Waals surface area contributed by atoms with Crippen LogP contribution < -0.4 is 0 Å². The lowest BCUT2D eigenvalue weighted by atomic mass is 10.2. The molecule has 0 saturated heterocycles. The monoisotopic (exact) mass is 196 g/mol. The van der Waals surface area contributed by atoms with Gasteiger partial charge < -0.3 is 0 Å². The zero-order chi connectivity index (χ0) is 10.4. The predicted octanol–water partition coefficient (Wildman–Crippen LogP) is 2.68. The Kier molecular flexibility index (Phi) is 3.58. The van der Waals surface area contributed by atoms with Gasteiger partial charge in [-0.15, -0.1) is 0 Å². The van der Waals surface area contributed by atoms with E-state index in [2.05, 4.69) is 15.0 Å². The van der Waals surface area contributed by atoms with Gasteiger partial charge in [-0.2, -0.15) is 13.8 Å². The van der Waals surface area contributed by atoms with Crippen LogP contribution in [0.15, 0.2) is 23.3 Å². The molecule has 0 bridgehead atoms. The van der Waals surface area contributed by atoms with E-state index in [1.54, 1.807) is 0 Å². The molecule has 0 aliphatic heterocycles. The SMILES string of the molecule is [N-]=[N+]=NCC=Cc1ccc(F)nc1F. The van der Waals surface area contributed by atoms with Gasteiger partial charge in [-0.1, -0.05) is 17.3 Å². The van der Waals surface area contributed by atoms with Crippen LogP contribution in [0.25, 0.3) is 16.5 Å². The van der Waals surface area contributed by atoms with Crippen molar-refractivity contribution in [2.45, 2.75) is 0 Å². The van der Waals surface area contributed by atoms with E-state index in [0.29, 0.717) is 0 Å². The number of pyridine rings is 1. The zero-order valence-corrected chi connectivity index (χ0v) is 7.06. The molecule has 0 aliphatic rings. The van der Waals surface area contributed by atoms with Crippen LogP contribution in [0.4, 0.5) is 8.78 Å². The van der Waals surface area contributed by atoms with Gasteiger partial charge in [-0.3, -0.25) is 0 Å². The Bertz CT molecular complexity index is 396. The van der Waals surface area contributed by atoms with Crippen molar-refractivity contribution in [2.24, 2.45) is 5.11 Å². The average Bonchev–Trinajstić information content (AvgIpc) is 2.15. The Balaban J connectivity index is 2.76. The fraction of sp³-hybridized carbons (Fsp3) is 0.125. The van der Waals surface area contributed by atoms with Gasteiger partial charge in [0.2, 0.25) is 11.9 Å². The van der Waals surface area contributed by atoms with E-state index in [4.69, 9.17) is 5.53 Å². The Labute approximate surface area is 78.5 Å². The molecule has 6 heteroatoms. The third-order valence-corrected chi connectivity index (χ3v) is 1.39. The number of aromatic nitrogens is 1. The van der Waals surface area contributed by atoms with Crippen LogP contribution in [0.3, 0.4) is 0 Å². The van der Waals surface area contributed by atoms with Crippen LogP contribution in [0.2, 0.25) is 0 Å². The van der Waals surface area contributed by atoms with Crippen LogP contribution in [0.1, 0.15) is 5.56 Å². The van der Waals surface area contributed by atoms with Gasteiger partial charge in [0.1, 0.15) is 0 Å². The number of hydrogen-bond donors (Lipinski definition) is 0. The topological polar surface area (TPSA) is 61.7 Å². The minimum Gasteiger partial charge on any atom is -0.190 e. The highest BCUT2D eigenvalue weighted by atomic mass is 19.1. The Morgan fingerprint density at radius 2 is 2.29 bits per heavy atom. The van der Waals surface area contributed by atoms with E-state index in [-0.39, 0.29) is 12.1 Å². The Hall–Kier alpha value is -1.94. The van der Waals surface area contributed by atoms with Crippen molar-refractivity contribution in [2.75, 3.05) is 6.54 Å². The molecule has 0 aromatic carbocycles. The van der Waals surface area contributed by atoms with Crippen molar-refractivity contribution in [3.8, 4) is 0 Å². The summed E-state index contributed by atoms with van der Waals surface area (Å²) >= 11 is 0. The van der Waals surface area contributed by atoms with E-state index < -0.39 is 11.9 Å². The van der Waals surface area contributed by atoms with E-state index in [1.807, 2.05) is 0 Å². The maximum absolute atomic E-state index is 12.9. The van der Waals surface area contributed by atoms with Crippen LogP contribution in [-0.2, 0) is 0 Å². The summed E-state index contributed by atoms with van der Waals surface area (Å²) in [5, 5.41) is 3.21. The number of nitrogens with zero attached hydrogens (tertiary/aromatic N) is 4. The lowest BCUT2D eigenvalue weighted by molar-refractivity contribution is 0.511. The number of halogens is 2. The molecule has 1 aromatic rings. The second kappa shape index (κ2) is 4.94. The molecule has 0 amide bonds. The first-order valence-corrected chi connectivity index (χ1v) is 3.73. The van der Waals surface area contributed by atoms with Gasteiger partial charge in [0.05, 0.1) is 0 Å². The molecule has 1 aromatic heterocycles. The average molecular weight is 196 g/mol. The molecular weight excluding hydrogens is 190 g/mol. The van der Waals surface area contributed by atoms with Crippen molar-refractivity contribution in [1.82, 2.24) is 4.98 Å². The Morgan fingerprint density at radius 3 is 2.93 bits per heavy atom. The lowest BCUT2D eigenvalue weighted by Gasteiger charge is -1.94. The summed E-state index contributed by atoms with van der Waals surface area (Å²) in [5.74, 6) is -1.75. The van der Waals surface area contributed by atoms with E-state index in [0.717, 1.165) is 6.07 Å². The first-order valence-electron chi connectivity index (χ1n) is 3.73. The van der Waals surface area contributed by atoms with Crippen molar-refractivity contribution < 1.29 is 8.78 Å². The largest absolute Gasteiger partial charge is 0.222 e. The quantitative estimate of drug-likeness (QED) is 0.317. The predicted molar refractivity (Wildman–Crippen MR) is 47.2 cm³/mol. The maximum Gasteiger partial charge on any atom is 0.222 e. The molecule has 0 N–H and O–H groups in total. The van der Waals surface area contributed by atoms with Gasteiger partial charge in [0.15, 0.2) is 0 Å². The number of hydrogen-bond acceptors (Lipinski definition) is 2. The highest BCUT2D eigenvalue weighted by Crippen LogP contribution is 2.07. The molecule has 72 valence electrons. The van der Waals surface area contributed by atoms with Gasteiger partial charge in [-0.05, 0) is 17.7 Å². The van der Waals surface area contributed by atoms with Gasteiger partial charge >= 0.3 is 0 Å². The standard InChI is InChI=1S/C8H6F2N4/c9-7-4-3-6(8(10)13-7)2-1-5-12-14-11/h1-4H,5H2. The molecule has 0 fully saturated rings. The summed E-state index contributed by atoms with van der Waals surface area (Å²) in [6, 6.07) is 2.31. The summed E-state index contributed by atoms with van der Waals surface area (Å²) in [6.07, 6.45) is 2.83. The van der Waals surface area contributed by atoms with Crippen molar-refractivity contribution in [1.29, 1.82) is 0 Å². The highest BCUT2D eigenvalue weighted by molar-refractivity contribution is 5.48. The summed E-state index contributed by atoms with van der Waals surface area (Å²) in [5.41, 5.74) is 8.10. The molecule has 0 saturated carbocycles. The first kappa shape index (κ1) is 10.1. The molecule has 0 aliphatic carbocycles. The number of rotatable bonds is 3. The highest BCUT2D eigenvalue weighted by Gasteiger charge is 2.00. The lowest BCUT2D eigenvalue weighted by Crippen LogP contribution is -1.90. The second-order valence-electron chi connectivity index (χ2n) is 2.33. The number of azide groups is 1. The van der Waals surface area contributed by atoms with Crippen LogP contribution in [0, 0.1) is 11.9 Å². The van der Waals surface area contributed by atoms with Crippen molar-refractivity contribution in [3.05, 3.63) is 46.1 Å². The normalized spacial score (nSPS) is 10.1. The van der Waals surface area contributed by atoms with E-state index in [9.17, 15) is 8.78 Å². The molecule has 1 heterocycles. The first-order chi connectivity index (χ1) is 6.74. The van der Waals surface area contributed by atoms with Crippen molar-refractivity contribution >= 4 is 6.08 Å². The van der Waals surface area contributed by atoms with Crippen LogP contribution in [0.5, 0.6) is 0 Å². The summed E-state index contributed by atoms with van der Waals surface area (Å²) < 4.78 is 25.2. The third kappa shape index (κ3) is 2.84. The molecule has 0 atom stereocenters. The van der Waals surface area contributed by atoms with Crippen molar-refractivity contribution in [3.63, 3.8) is 0 Å². The van der Waals surface area contributed by atoms with Gasteiger partial charge in [0.25, 0.3) is 0 Å². The van der Waals surface area contributed by atoms with Gasteiger partial charge in [-0.25, -0.2) is 0 Å². The molecule has 0 spiro atoms. The van der Waals surface area contributed by atoms with Crippen LogP contribution in [-0.4, -0.2) is 11.5 Å². The molecule has 14 heavy (non-hydrogen) atoms. The molecule has 4 nitrogen and oxygen atoms in total.